The van der Waals surface area contributed by atoms with Crippen molar-refractivity contribution in [2.45, 2.75) is 39.0 Å². The molecule has 0 aromatic heterocycles. The standard InChI is InChI=1S/C10H18O4/c1-2-14-8-7-9(11)5-3-4-6-10(12)13/h2-8H2,1H3,(H,12,13). The van der Waals surface area contributed by atoms with Crippen molar-refractivity contribution < 1.29 is 19.4 Å². The van der Waals surface area contributed by atoms with E-state index < -0.39 is 5.97 Å². The van der Waals surface area contributed by atoms with Gasteiger partial charge in [0.25, 0.3) is 0 Å². The molecule has 0 bridgehead atoms. The van der Waals surface area contributed by atoms with E-state index in [1.807, 2.05) is 6.92 Å². The summed E-state index contributed by atoms with van der Waals surface area (Å²) < 4.78 is 5.03. The Morgan fingerprint density at radius 3 is 2.36 bits per heavy atom. The number of unbranched alkanes of at least 4 members (excludes halogenated alkanes) is 1. The van der Waals surface area contributed by atoms with Crippen LogP contribution in [0.15, 0.2) is 0 Å². The average molecular weight is 202 g/mol. The second-order valence-electron chi connectivity index (χ2n) is 3.09. The molecule has 0 amide bonds. The molecule has 0 radical (unpaired) electrons. The van der Waals surface area contributed by atoms with E-state index in [9.17, 15) is 9.59 Å². The number of ketones is 1. The summed E-state index contributed by atoms with van der Waals surface area (Å²) in [5.74, 6) is -0.643. The largest absolute Gasteiger partial charge is 0.481 e. The minimum atomic E-state index is -0.799. The summed E-state index contributed by atoms with van der Waals surface area (Å²) in [6.45, 7) is 3.00. The molecule has 4 nitrogen and oxygen atoms in total. The second-order valence-corrected chi connectivity index (χ2v) is 3.09. The van der Waals surface area contributed by atoms with Crippen LogP contribution in [0.2, 0.25) is 0 Å². The van der Waals surface area contributed by atoms with Gasteiger partial charge in [0, 0.05) is 25.9 Å². The van der Waals surface area contributed by atoms with Crippen molar-refractivity contribution in [1.29, 1.82) is 0 Å². The number of carboxylic acids is 1. The van der Waals surface area contributed by atoms with Gasteiger partial charge in [-0.05, 0) is 19.8 Å². The molecular weight excluding hydrogens is 184 g/mol. The van der Waals surface area contributed by atoms with Crippen molar-refractivity contribution >= 4 is 11.8 Å². The van der Waals surface area contributed by atoms with Crippen molar-refractivity contribution in [3.8, 4) is 0 Å². The van der Waals surface area contributed by atoms with Crippen LogP contribution in [0.3, 0.4) is 0 Å². The highest BCUT2D eigenvalue weighted by atomic mass is 16.5. The van der Waals surface area contributed by atoms with E-state index >= 15 is 0 Å². The summed E-state index contributed by atoms with van der Waals surface area (Å²) in [6, 6.07) is 0. The van der Waals surface area contributed by atoms with Gasteiger partial charge in [0.1, 0.15) is 5.78 Å². The Labute approximate surface area is 84.3 Å². The number of carbonyl (C=O) groups excluding carboxylic acids is 1. The molecule has 0 aromatic carbocycles. The first-order valence-electron chi connectivity index (χ1n) is 4.98. The van der Waals surface area contributed by atoms with Crippen molar-refractivity contribution in [1.82, 2.24) is 0 Å². The normalized spacial score (nSPS) is 10.1. The van der Waals surface area contributed by atoms with E-state index in [2.05, 4.69) is 0 Å². The Hall–Kier alpha value is -0.900. The van der Waals surface area contributed by atoms with Crippen LogP contribution in [0.4, 0.5) is 0 Å². The summed E-state index contributed by atoms with van der Waals surface area (Å²) in [6.07, 6.45) is 2.31. The summed E-state index contributed by atoms with van der Waals surface area (Å²) in [7, 11) is 0. The number of carboxylic acid groups (broad SMARTS) is 1. The maximum Gasteiger partial charge on any atom is 0.303 e. The minimum Gasteiger partial charge on any atom is -0.481 e. The summed E-state index contributed by atoms with van der Waals surface area (Å²) in [5.41, 5.74) is 0. The lowest BCUT2D eigenvalue weighted by Gasteiger charge is -2.00. The molecule has 0 aliphatic rings. The molecule has 0 spiro atoms. The van der Waals surface area contributed by atoms with Crippen LogP contribution in [0.5, 0.6) is 0 Å². The molecule has 0 saturated carbocycles. The minimum absolute atomic E-state index is 0.152. The third kappa shape index (κ3) is 9.19. The van der Waals surface area contributed by atoms with E-state index in [-0.39, 0.29) is 12.2 Å². The quantitative estimate of drug-likeness (QED) is 0.577. The highest BCUT2D eigenvalue weighted by molar-refractivity contribution is 5.78. The van der Waals surface area contributed by atoms with Gasteiger partial charge >= 0.3 is 5.97 Å². The molecule has 0 aliphatic carbocycles. The Bertz CT molecular complexity index is 177. The van der Waals surface area contributed by atoms with Gasteiger partial charge in [0.2, 0.25) is 0 Å². The molecule has 0 aromatic rings. The molecule has 0 rings (SSSR count). The maximum absolute atomic E-state index is 11.1. The zero-order valence-electron chi connectivity index (χ0n) is 8.62. The van der Waals surface area contributed by atoms with Crippen LogP contribution < -0.4 is 0 Å². The molecule has 0 saturated heterocycles. The summed E-state index contributed by atoms with van der Waals surface area (Å²) in [5, 5.41) is 8.35. The first-order chi connectivity index (χ1) is 6.66. The lowest BCUT2D eigenvalue weighted by Crippen LogP contribution is -2.04. The van der Waals surface area contributed by atoms with Crippen LogP contribution in [0.1, 0.15) is 39.0 Å². The first-order valence-corrected chi connectivity index (χ1v) is 4.98. The molecule has 0 aliphatic heterocycles. The predicted octanol–water partition coefficient (Wildman–Crippen LogP) is 1.63. The van der Waals surface area contributed by atoms with Crippen LogP contribution in [0, 0.1) is 0 Å². The number of Topliss-reactive ketones (excluding diaryl/α,β-unsaturated/α-hetero) is 1. The average Bonchev–Trinajstić information content (AvgIpc) is 2.13. The zero-order chi connectivity index (χ0) is 10.8. The third-order valence-corrected chi connectivity index (χ3v) is 1.83. The van der Waals surface area contributed by atoms with Crippen LogP contribution in [-0.2, 0) is 14.3 Å². The van der Waals surface area contributed by atoms with Gasteiger partial charge in [0.05, 0.1) is 6.61 Å². The van der Waals surface area contributed by atoms with Gasteiger partial charge in [-0.1, -0.05) is 0 Å². The number of ether oxygens (including phenoxy) is 1. The van der Waals surface area contributed by atoms with Crippen molar-refractivity contribution in [3.63, 3.8) is 0 Å². The number of hydrogen-bond donors (Lipinski definition) is 1. The Kier molecular flexibility index (Phi) is 8.13. The lowest BCUT2D eigenvalue weighted by atomic mass is 10.1. The second kappa shape index (κ2) is 8.69. The fraction of sp³-hybridized carbons (Fsp3) is 0.800. The molecule has 4 heteroatoms. The molecule has 82 valence electrons. The zero-order valence-corrected chi connectivity index (χ0v) is 8.62. The highest BCUT2D eigenvalue weighted by Crippen LogP contribution is 2.02. The summed E-state index contributed by atoms with van der Waals surface area (Å²) in [4.78, 5) is 21.3. The maximum atomic E-state index is 11.1. The predicted molar refractivity (Wildman–Crippen MR) is 52.2 cm³/mol. The third-order valence-electron chi connectivity index (χ3n) is 1.83. The number of rotatable bonds is 9. The fourth-order valence-corrected chi connectivity index (χ4v) is 1.05. The Morgan fingerprint density at radius 2 is 1.79 bits per heavy atom. The molecule has 1 N–H and O–H groups in total. The monoisotopic (exact) mass is 202 g/mol. The van der Waals surface area contributed by atoms with Crippen molar-refractivity contribution in [2.24, 2.45) is 0 Å². The highest BCUT2D eigenvalue weighted by Gasteiger charge is 2.02. The number of hydrogen-bond acceptors (Lipinski definition) is 3. The Morgan fingerprint density at radius 1 is 1.14 bits per heavy atom. The van der Waals surface area contributed by atoms with Crippen LogP contribution in [-0.4, -0.2) is 30.1 Å². The summed E-state index contributed by atoms with van der Waals surface area (Å²) >= 11 is 0. The van der Waals surface area contributed by atoms with E-state index in [4.69, 9.17) is 9.84 Å². The molecule has 0 atom stereocenters. The lowest BCUT2D eigenvalue weighted by molar-refractivity contribution is -0.137. The number of aliphatic carboxylic acids is 1. The van der Waals surface area contributed by atoms with E-state index in [1.54, 1.807) is 0 Å². The molecule has 0 fully saturated rings. The topological polar surface area (TPSA) is 63.6 Å². The molecule has 0 unspecified atom stereocenters. The van der Waals surface area contributed by atoms with Gasteiger partial charge in [-0.25, -0.2) is 0 Å². The van der Waals surface area contributed by atoms with E-state index in [0.717, 1.165) is 0 Å². The molecule has 14 heavy (non-hydrogen) atoms. The van der Waals surface area contributed by atoms with Gasteiger partial charge in [-0.2, -0.15) is 0 Å². The van der Waals surface area contributed by atoms with Crippen molar-refractivity contribution in [2.75, 3.05) is 13.2 Å². The first kappa shape index (κ1) is 13.1. The van der Waals surface area contributed by atoms with Crippen LogP contribution >= 0.6 is 0 Å². The van der Waals surface area contributed by atoms with Gasteiger partial charge in [-0.15, -0.1) is 0 Å². The smallest absolute Gasteiger partial charge is 0.303 e. The SMILES string of the molecule is CCOCCC(=O)CCCCC(=O)O. The van der Waals surface area contributed by atoms with Crippen molar-refractivity contribution in [3.05, 3.63) is 0 Å². The van der Waals surface area contributed by atoms with E-state index in [1.165, 1.54) is 0 Å². The fourth-order valence-electron chi connectivity index (χ4n) is 1.05. The van der Waals surface area contributed by atoms with Gasteiger partial charge in [0.15, 0.2) is 0 Å². The van der Waals surface area contributed by atoms with E-state index in [0.29, 0.717) is 38.9 Å². The molecular formula is C10H18O4. The van der Waals surface area contributed by atoms with Gasteiger partial charge in [-0.3, -0.25) is 9.59 Å². The molecule has 0 heterocycles. The van der Waals surface area contributed by atoms with Gasteiger partial charge < -0.3 is 9.84 Å². The Balaban J connectivity index is 3.22. The van der Waals surface area contributed by atoms with Crippen LogP contribution in [0.25, 0.3) is 0 Å². The number of carbonyl (C=O) groups is 2.